The Morgan fingerprint density at radius 3 is 2.45 bits per heavy atom. The van der Waals surface area contributed by atoms with Crippen LogP contribution in [-0.2, 0) is 17.8 Å². The maximum atomic E-state index is 14.3. The Morgan fingerprint density at radius 1 is 1.07 bits per heavy atom. The molecule has 2 heterocycles. The number of piperidine rings is 1. The number of benzene rings is 1. The average molecular weight is 579 g/mol. The van der Waals surface area contributed by atoms with Gasteiger partial charge in [-0.3, -0.25) is 4.68 Å². The first-order valence-corrected chi connectivity index (χ1v) is 16.4. The van der Waals surface area contributed by atoms with E-state index in [9.17, 15) is 14.3 Å². The van der Waals surface area contributed by atoms with Crippen LogP contribution < -0.4 is 0 Å². The maximum Gasteiger partial charge on any atom is 0.352 e. The standard InChI is InChI=1S/C35H51FN4O2/c1-5-40-33(21-30(37-40)18-25-10-7-6-8-11-25)26-14-16-39(17-15-26)23-28-20-31(38(4)34(24(2)3)35(41)42)22-32(28)27-12-9-13-29(36)19-27/h9,12-13,19,21,25-26,28,31-32H,5-8,10-11,14-18,20,22-23H2,1-4H3,(H,41,42)/t28-,31+,32-/m1/s1. The SMILES string of the molecule is CCn1nc(CC2CCCCC2)cc1C1CCN(C[C@H]2C[C@H](N(C)C(C(=O)O)=C(C)C)C[C@@H]2c2cccc(F)c2)CC1. The molecule has 3 atom stereocenters. The van der Waals surface area contributed by atoms with E-state index in [1.54, 1.807) is 6.07 Å². The van der Waals surface area contributed by atoms with Gasteiger partial charge in [0.15, 0.2) is 0 Å². The van der Waals surface area contributed by atoms with Crippen LogP contribution in [0.1, 0.15) is 107 Å². The Balaban J connectivity index is 1.25. The van der Waals surface area contributed by atoms with E-state index in [4.69, 9.17) is 5.10 Å². The number of likely N-dealkylation sites (tertiary alicyclic amines) is 1. The quantitative estimate of drug-likeness (QED) is 0.302. The third-order valence-corrected chi connectivity index (χ3v) is 10.4. The van der Waals surface area contributed by atoms with Crippen molar-refractivity contribution in [1.29, 1.82) is 0 Å². The number of aliphatic carboxylic acids is 1. The molecule has 0 radical (unpaired) electrons. The van der Waals surface area contributed by atoms with E-state index in [1.807, 2.05) is 37.9 Å². The highest BCUT2D eigenvalue weighted by atomic mass is 19.1. The molecule has 7 heteroatoms. The molecule has 230 valence electrons. The molecule has 1 aliphatic heterocycles. The first kappa shape index (κ1) is 30.8. The number of nitrogens with zero attached hydrogens (tertiary/aromatic N) is 4. The van der Waals surface area contributed by atoms with Crippen molar-refractivity contribution < 1.29 is 14.3 Å². The molecule has 2 aromatic rings. The zero-order valence-electron chi connectivity index (χ0n) is 26.2. The van der Waals surface area contributed by atoms with E-state index in [0.717, 1.165) is 75.3 Å². The van der Waals surface area contributed by atoms with E-state index in [1.165, 1.54) is 49.6 Å². The van der Waals surface area contributed by atoms with Crippen molar-refractivity contribution in [3.8, 4) is 0 Å². The monoisotopic (exact) mass is 578 g/mol. The first-order chi connectivity index (χ1) is 20.2. The Labute approximate surface area is 252 Å². The molecule has 3 aliphatic rings. The molecule has 0 bridgehead atoms. The zero-order chi connectivity index (χ0) is 29.8. The number of aromatic nitrogens is 2. The maximum absolute atomic E-state index is 14.3. The van der Waals surface area contributed by atoms with E-state index in [-0.39, 0.29) is 17.8 Å². The van der Waals surface area contributed by atoms with E-state index in [2.05, 4.69) is 22.6 Å². The summed E-state index contributed by atoms with van der Waals surface area (Å²) in [5, 5.41) is 14.9. The van der Waals surface area contributed by atoms with E-state index < -0.39 is 5.97 Å². The zero-order valence-corrected chi connectivity index (χ0v) is 26.2. The van der Waals surface area contributed by atoms with Crippen molar-refractivity contribution in [2.24, 2.45) is 11.8 Å². The number of allylic oxidation sites excluding steroid dienone is 1. The minimum atomic E-state index is -0.876. The highest BCUT2D eigenvalue weighted by molar-refractivity contribution is 5.86. The van der Waals surface area contributed by atoms with E-state index in [0.29, 0.717) is 17.5 Å². The normalized spacial score (nSPS) is 24.2. The summed E-state index contributed by atoms with van der Waals surface area (Å²) in [6, 6.07) is 9.58. The highest BCUT2D eigenvalue weighted by Crippen LogP contribution is 2.44. The smallest absolute Gasteiger partial charge is 0.352 e. The summed E-state index contributed by atoms with van der Waals surface area (Å²) in [6.45, 7) is 9.94. The van der Waals surface area contributed by atoms with Gasteiger partial charge in [-0.25, -0.2) is 9.18 Å². The third kappa shape index (κ3) is 7.10. The van der Waals surface area contributed by atoms with Gasteiger partial charge >= 0.3 is 5.97 Å². The van der Waals surface area contributed by atoms with Gasteiger partial charge in [-0.1, -0.05) is 44.2 Å². The molecule has 1 N–H and O–H groups in total. The number of carboxylic acid groups (broad SMARTS) is 1. The van der Waals surface area contributed by atoms with Crippen LogP contribution >= 0.6 is 0 Å². The van der Waals surface area contributed by atoms with Crippen LogP contribution in [0.4, 0.5) is 4.39 Å². The molecular weight excluding hydrogens is 527 g/mol. The van der Waals surface area contributed by atoms with Crippen LogP contribution in [0.25, 0.3) is 0 Å². The summed E-state index contributed by atoms with van der Waals surface area (Å²) in [4.78, 5) is 16.6. The van der Waals surface area contributed by atoms with E-state index >= 15 is 0 Å². The average Bonchev–Trinajstić information content (AvgIpc) is 3.58. The summed E-state index contributed by atoms with van der Waals surface area (Å²) in [5.74, 6) is 0.838. The van der Waals surface area contributed by atoms with Gasteiger partial charge in [0.2, 0.25) is 0 Å². The first-order valence-electron chi connectivity index (χ1n) is 16.4. The summed E-state index contributed by atoms with van der Waals surface area (Å²) < 4.78 is 16.6. The lowest BCUT2D eigenvalue weighted by molar-refractivity contribution is -0.134. The predicted molar refractivity (Wildman–Crippen MR) is 166 cm³/mol. The number of likely N-dealkylation sites (N-methyl/N-ethyl adjacent to an activating group) is 1. The number of aryl methyl sites for hydroxylation is 1. The Bertz CT molecular complexity index is 1240. The number of hydrogen-bond acceptors (Lipinski definition) is 4. The fraction of sp³-hybridized carbons (Fsp3) is 0.657. The van der Waals surface area contributed by atoms with Gasteiger partial charge < -0.3 is 14.9 Å². The van der Waals surface area contributed by atoms with Crippen LogP contribution in [0.15, 0.2) is 41.6 Å². The van der Waals surface area contributed by atoms with Gasteiger partial charge in [0, 0.05) is 37.8 Å². The molecule has 1 aromatic carbocycles. The molecule has 2 saturated carbocycles. The largest absolute Gasteiger partial charge is 0.477 e. The number of carboxylic acids is 1. The molecule has 3 fully saturated rings. The number of rotatable bonds is 10. The highest BCUT2D eigenvalue weighted by Gasteiger charge is 2.40. The second kappa shape index (κ2) is 13.7. The van der Waals surface area contributed by atoms with Crippen LogP contribution in [0.3, 0.4) is 0 Å². The molecule has 0 amide bonds. The predicted octanol–water partition coefficient (Wildman–Crippen LogP) is 7.22. The summed E-state index contributed by atoms with van der Waals surface area (Å²) in [6.07, 6.45) is 12.0. The summed E-state index contributed by atoms with van der Waals surface area (Å²) in [5.41, 5.74) is 4.95. The lowest BCUT2D eigenvalue weighted by atomic mass is 9.85. The Kier molecular flexibility index (Phi) is 10.1. The van der Waals surface area contributed by atoms with Crippen molar-refractivity contribution in [3.05, 3.63) is 64.4 Å². The molecular formula is C35H51FN4O2. The lowest BCUT2D eigenvalue weighted by Gasteiger charge is -2.35. The van der Waals surface area contributed by atoms with Crippen LogP contribution in [-0.4, -0.2) is 63.4 Å². The molecule has 42 heavy (non-hydrogen) atoms. The van der Waals surface area contributed by atoms with Gasteiger partial charge in [0.25, 0.3) is 0 Å². The molecule has 2 aliphatic carbocycles. The Morgan fingerprint density at radius 2 is 1.81 bits per heavy atom. The molecule has 5 rings (SSSR count). The fourth-order valence-electron chi connectivity index (χ4n) is 8.26. The molecule has 0 spiro atoms. The van der Waals surface area contributed by atoms with Gasteiger partial charge in [-0.05, 0) is 113 Å². The Hall–Kier alpha value is -2.67. The van der Waals surface area contributed by atoms with Crippen molar-refractivity contribution in [3.63, 3.8) is 0 Å². The van der Waals surface area contributed by atoms with Crippen molar-refractivity contribution in [2.75, 3.05) is 26.7 Å². The molecule has 6 nitrogen and oxygen atoms in total. The third-order valence-electron chi connectivity index (χ3n) is 10.4. The van der Waals surface area contributed by atoms with Crippen LogP contribution in [0, 0.1) is 17.7 Å². The van der Waals surface area contributed by atoms with Crippen molar-refractivity contribution >= 4 is 5.97 Å². The van der Waals surface area contributed by atoms with Gasteiger partial charge in [-0.2, -0.15) is 5.10 Å². The van der Waals surface area contributed by atoms with Crippen LogP contribution in [0.2, 0.25) is 0 Å². The number of carbonyl (C=O) groups is 1. The second-order valence-corrected chi connectivity index (χ2v) is 13.5. The molecule has 0 unspecified atom stereocenters. The second-order valence-electron chi connectivity index (χ2n) is 13.5. The molecule has 1 aromatic heterocycles. The van der Waals surface area contributed by atoms with Gasteiger partial charge in [0.05, 0.1) is 5.69 Å². The summed E-state index contributed by atoms with van der Waals surface area (Å²) >= 11 is 0. The van der Waals surface area contributed by atoms with Crippen molar-refractivity contribution in [2.45, 2.75) is 109 Å². The van der Waals surface area contributed by atoms with Crippen molar-refractivity contribution in [1.82, 2.24) is 19.6 Å². The minimum absolute atomic E-state index is 0.114. The number of hydrogen-bond donors (Lipinski definition) is 1. The summed E-state index contributed by atoms with van der Waals surface area (Å²) in [7, 11) is 1.91. The lowest BCUT2D eigenvalue weighted by Crippen LogP contribution is -2.38. The van der Waals surface area contributed by atoms with Gasteiger partial charge in [-0.15, -0.1) is 0 Å². The topological polar surface area (TPSA) is 61.6 Å². The molecule has 1 saturated heterocycles. The van der Waals surface area contributed by atoms with Gasteiger partial charge in [0.1, 0.15) is 11.5 Å². The number of halogens is 1. The fourth-order valence-corrected chi connectivity index (χ4v) is 8.26. The van der Waals surface area contributed by atoms with Crippen LogP contribution in [0.5, 0.6) is 0 Å². The minimum Gasteiger partial charge on any atom is -0.477 e.